The summed E-state index contributed by atoms with van der Waals surface area (Å²) in [5, 5.41) is 33.0. The van der Waals surface area contributed by atoms with Gasteiger partial charge in [-0.05, 0) is 18.6 Å². The van der Waals surface area contributed by atoms with Crippen LogP contribution in [0.5, 0.6) is 0 Å². The lowest BCUT2D eigenvalue weighted by molar-refractivity contribution is -0.385. The highest BCUT2D eigenvalue weighted by Crippen LogP contribution is 2.49. The second kappa shape index (κ2) is 7.69. The third-order valence-electron chi connectivity index (χ3n) is 5.64. The highest BCUT2D eigenvalue weighted by molar-refractivity contribution is 5.82. The minimum absolute atomic E-state index is 0.0353. The Kier molecular flexibility index (Phi) is 5.14. The predicted octanol–water partition coefficient (Wildman–Crippen LogP) is 4.47. The van der Waals surface area contributed by atoms with E-state index in [-0.39, 0.29) is 24.1 Å². The summed E-state index contributed by atoms with van der Waals surface area (Å²) in [6.07, 6.45) is -0.127. The average molecular weight is 437 g/mol. The highest BCUT2D eigenvalue weighted by atomic mass is 19.1. The number of carbonyl (C=O) groups is 1. The lowest BCUT2D eigenvalue weighted by Gasteiger charge is -2.51. The number of amides is 1. The minimum Gasteiger partial charge on any atom is -0.465 e. The first-order valence-corrected chi connectivity index (χ1v) is 9.84. The van der Waals surface area contributed by atoms with E-state index >= 15 is 4.39 Å². The van der Waals surface area contributed by atoms with Crippen molar-refractivity contribution in [3.63, 3.8) is 0 Å². The van der Waals surface area contributed by atoms with Gasteiger partial charge in [0.05, 0.1) is 21.8 Å². The maximum atomic E-state index is 15.2. The summed E-state index contributed by atoms with van der Waals surface area (Å²) in [6.45, 7) is 1.56. The van der Waals surface area contributed by atoms with Gasteiger partial charge in [0.1, 0.15) is 12.0 Å². The summed E-state index contributed by atoms with van der Waals surface area (Å²) >= 11 is 0. The first-order chi connectivity index (χ1) is 15.1. The summed E-state index contributed by atoms with van der Waals surface area (Å²) in [4.78, 5) is 26.2. The molecular formula is C23H20FN3O5. The molecule has 2 aromatic carbocycles. The zero-order chi connectivity index (χ0) is 23.1. The van der Waals surface area contributed by atoms with Crippen LogP contribution in [-0.4, -0.2) is 31.8 Å². The van der Waals surface area contributed by atoms with Crippen molar-refractivity contribution in [3.05, 3.63) is 82.3 Å². The smallest absolute Gasteiger partial charge is 0.405 e. The van der Waals surface area contributed by atoms with E-state index in [1.165, 1.54) is 18.2 Å². The molecule has 0 bridgehead atoms. The molecule has 1 amide bonds. The summed E-state index contributed by atoms with van der Waals surface area (Å²) in [7, 11) is 0. The van der Waals surface area contributed by atoms with Crippen LogP contribution in [0.25, 0.3) is 22.4 Å². The van der Waals surface area contributed by atoms with Crippen molar-refractivity contribution in [1.29, 1.82) is 0 Å². The fraction of sp³-hybridized carbons (Fsp3) is 0.217. The lowest BCUT2D eigenvalue weighted by atomic mass is 9.62. The number of aromatic nitrogens is 1. The van der Waals surface area contributed by atoms with Crippen molar-refractivity contribution in [1.82, 2.24) is 10.3 Å². The average Bonchev–Trinajstić information content (AvgIpc) is 2.71. The van der Waals surface area contributed by atoms with Crippen LogP contribution in [0.2, 0.25) is 0 Å². The molecule has 1 heterocycles. The van der Waals surface area contributed by atoms with E-state index in [0.717, 1.165) is 6.20 Å². The molecule has 0 radical (unpaired) electrons. The predicted molar refractivity (Wildman–Crippen MR) is 114 cm³/mol. The number of nitrogens with one attached hydrogen (secondary N) is 1. The van der Waals surface area contributed by atoms with E-state index < -0.39 is 28.0 Å². The molecule has 3 aromatic rings. The van der Waals surface area contributed by atoms with Gasteiger partial charge in [0.2, 0.25) is 0 Å². The highest BCUT2D eigenvalue weighted by Gasteiger charge is 2.54. The standard InChI is InChI=1S/C23H20FN3O5/c1-22(30)12-23(13-22,26-21(28)29)18-8-7-15(9-19(18)24)20-17(14-5-3-2-4-6-14)10-16(11-25-20)27(31)32/h2-11,26,30H,12-13H2,1H3,(H,28,29)/t22-,23-. The van der Waals surface area contributed by atoms with Crippen molar-refractivity contribution in [3.8, 4) is 22.4 Å². The van der Waals surface area contributed by atoms with Crippen molar-refractivity contribution >= 4 is 11.8 Å². The molecule has 1 fully saturated rings. The molecule has 1 saturated carbocycles. The molecule has 8 nitrogen and oxygen atoms in total. The molecule has 0 saturated heterocycles. The maximum absolute atomic E-state index is 15.2. The Bertz CT molecular complexity index is 1210. The molecule has 1 aromatic heterocycles. The molecule has 0 unspecified atom stereocenters. The Labute approximate surface area is 182 Å². The number of nitrogens with zero attached hydrogens (tertiary/aromatic N) is 2. The number of carboxylic acid groups (broad SMARTS) is 1. The molecule has 32 heavy (non-hydrogen) atoms. The monoisotopic (exact) mass is 437 g/mol. The Hall–Kier alpha value is -3.85. The van der Waals surface area contributed by atoms with Crippen molar-refractivity contribution < 1.29 is 24.3 Å². The van der Waals surface area contributed by atoms with Crippen LogP contribution in [-0.2, 0) is 5.54 Å². The number of benzene rings is 2. The van der Waals surface area contributed by atoms with Gasteiger partial charge in [-0.25, -0.2) is 14.2 Å². The van der Waals surface area contributed by atoms with E-state index in [0.29, 0.717) is 22.4 Å². The zero-order valence-corrected chi connectivity index (χ0v) is 17.1. The van der Waals surface area contributed by atoms with Crippen LogP contribution in [0.4, 0.5) is 14.9 Å². The quantitative estimate of drug-likeness (QED) is 0.399. The normalized spacial score (nSPS) is 22.1. The van der Waals surface area contributed by atoms with Gasteiger partial charge in [0, 0.05) is 35.6 Å². The number of aliphatic hydroxyl groups is 1. The summed E-state index contributed by atoms with van der Waals surface area (Å²) < 4.78 is 15.2. The summed E-state index contributed by atoms with van der Waals surface area (Å²) in [5.74, 6) is -0.661. The number of rotatable bonds is 5. The van der Waals surface area contributed by atoms with Crippen LogP contribution in [0.1, 0.15) is 25.3 Å². The Morgan fingerprint density at radius 1 is 1.16 bits per heavy atom. The van der Waals surface area contributed by atoms with Crippen molar-refractivity contribution in [2.45, 2.75) is 30.9 Å². The van der Waals surface area contributed by atoms with Crippen LogP contribution < -0.4 is 5.32 Å². The Balaban J connectivity index is 1.80. The van der Waals surface area contributed by atoms with E-state index in [1.807, 2.05) is 6.07 Å². The third-order valence-corrected chi connectivity index (χ3v) is 5.64. The third kappa shape index (κ3) is 3.90. The van der Waals surface area contributed by atoms with Crippen LogP contribution in [0.15, 0.2) is 60.8 Å². The largest absolute Gasteiger partial charge is 0.465 e. The van der Waals surface area contributed by atoms with Gasteiger partial charge in [0.25, 0.3) is 5.69 Å². The molecule has 1 aliphatic rings. The fourth-order valence-electron chi connectivity index (χ4n) is 4.47. The first-order valence-electron chi connectivity index (χ1n) is 9.84. The second-order valence-corrected chi connectivity index (χ2v) is 8.27. The van der Waals surface area contributed by atoms with E-state index in [1.54, 1.807) is 37.3 Å². The van der Waals surface area contributed by atoms with Crippen LogP contribution in [0, 0.1) is 15.9 Å². The van der Waals surface area contributed by atoms with Gasteiger partial charge >= 0.3 is 6.09 Å². The number of nitro groups is 1. The Morgan fingerprint density at radius 3 is 2.41 bits per heavy atom. The zero-order valence-electron chi connectivity index (χ0n) is 17.1. The minimum atomic E-state index is -1.31. The number of hydrogen-bond donors (Lipinski definition) is 3. The van der Waals surface area contributed by atoms with Gasteiger partial charge < -0.3 is 15.5 Å². The van der Waals surface area contributed by atoms with Crippen LogP contribution in [0.3, 0.4) is 0 Å². The number of hydrogen-bond acceptors (Lipinski definition) is 5. The van der Waals surface area contributed by atoms with Crippen LogP contribution >= 0.6 is 0 Å². The number of pyridine rings is 1. The van der Waals surface area contributed by atoms with E-state index in [2.05, 4.69) is 10.3 Å². The van der Waals surface area contributed by atoms with Gasteiger partial charge in [-0.1, -0.05) is 42.5 Å². The molecule has 9 heteroatoms. The molecule has 4 rings (SSSR count). The first kappa shape index (κ1) is 21.4. The fourth-order valence-corrected chi connectivity index (χ4v) is 4.47. The van der Waals surface area contributed by atoms with Gasteiger partial charge in [-0.3, -0.25) is 10.1 Å². The molecule has 0 atom stereocenters. The molecule has 1 aliphatic carbocycles. The number of halogens is 1. The van der Waals surface area contributed by atoms with Gasteiger partial charge in [-0.15, -0.1) is 0 Å². The van der Waals surface area contributed by atoms with E-state index in [9.17, 15) is 25.1 Å². The molecular weight excluding hydrogens is 417 g/mol. The van der Waals surface area contributed by atoms with E-state index in [4.69, 9.17) is 0 Å². The topological polar surface area (TPSA) is 126 Å². The summed E-state index contributed by atoms with van der Waals surface area (Å²) in [5.41, 5.74) is -0.509. The van der Waals surface area contributed by atoms with Crippen molar-refractivity contribution in [2.24, 2.45) is 0 Å². The SMILES string of the molecule is C[C@]1(O)C[C@@](NC(=O)O)(c2ccc(-c3ncc([N+](=O)[O-])cc3-c3ccccc3)cc2F)C1. The molecule has 3 N–H and O–H groups in total. The van der Waals surface area contributed by atoms with Gasteiger partial charge in [0.15, 0.2) is 0 Å². The molecule has 0 spiro atoms. The molecule has 0 aliphatic heterocycles. The second-order valence-electron chi connectivity index (χ2n) is 8.27. The lowest BCUT2D eigenvalue weighted by Crippen LogP contribution is -2.62. The maximum Gasteiger partial charge on any atom is 0.405 e. The van der Waals surface area contributed by atoms with Gasteiger partial charge in [-0.2, -0.15) is 0 Å². The Morgan fingerprint density at radius 2 is 1.84 bits per heavy atom. The summed E-state index contributed by atoms with van der Waals surface area (Å²) in [6, 6.07) is 14.6. The van der Waals surface area contributed by atoms with Crippen molar-refractivity contribution in [2.75, 3.05) is 0 Å². The molecule has 164 valence electrons.